The van der Waals surface area contributed by atoms with E-state index in [0.717, 1.165) is 32.1 Å². The van der Waals surface area contributed by atoms with E-state index in [1.165, 1.54) is 0 Å². The van der Waals surface area contributed by atoms with E-state index in [-0.39, 0.29) is 24.7 Å². The summed E-state index contributed by atoms with van der Waals surface area (Å²) in [5.41, 5.74) is -0.435. The van der Waals surface area contributed by atoms with Crippen LogP contribution >= 0.6 is 0 Å². The minimum atomic E-state index is -0.863. The smallest absolute Gasteiger partial charge is 0.303 e. The quantitative estimate of drug-likeness (QED) is 0.632. The number of nitrogens with one attached hydrogen (secondary N) is 2. The molecule has 0 aromatic rings. The fourth-order valence-corrected chi connectivity index (χ4v) is 2.96. The molecule has 0 aromatic heterocycles. The molecule has 6 heteroatoms. The number of carbonyl (C=O) groups is 3. The van der Waals surface area contributed by atoms with Crippen LogP contribution in [0.1, 0.15) is 58.8 Å². The molecule has 1 aliphatic carbocycles. The first kappa shape index (κ1) is 17.5. The Morgan fingerprint density at radius 2 is 1.81 bits per heavy atom. The molecule has 0 saturated heterocycles. The SMILES string of the molecule is CCCNC(=O)C(C)NC(=O)CC1(CC(=O)O)CCCC1. The van der Waals surface area contributed by atoms with Crippen molar-refractivity contribution < 1.29 is 19.5 Å². The van der Waals surface area contributed by atoms with Gasteiger partial charge < -0.3 is 15.7 Å². The summed E-state index contributed by atoms with van der Waals surface area (Å²) in [6, 6.07) is -0.590. The van der Waals surface area contributed by atoms with E-state index in [1.807, 2.05) is 6.92 Å². The Hall–Kier alpha value is -1.59. The van der Waals surface area contributed by atoms with E-state index in [0.29, 0.717) is 6.54 Å². The summed E-state index contributed by atoms with van der Waals surface area (Å²) in [6.07, 6.45) is 4.52. The summed E-state index contributed by atoms with van der Waals surface area (Å²) in [6.45, 7) is 4.18. The van der Waals surface area contributed by atoms with Crippen LogP contribution in [-0.4, -0.2) is 35.5 Å². The van der Waals surface area contributed by atoms with Gasteiger partial charge in [0.05, 0.1) is 6.42 Å². The van der Waals surface area contributed by atoms with Gasteiger partial charge in [-0.25, -0.2) is 0 Å². The molecule has 1 aliphatic rings. The summed E-state index contributed by atoms with van der Waals surface area (Å²) in [5.74, 6) is -1.31. The van der Waals surface area contributed by atoms with Gasteiger partial charge in [0, 0.05) is 13.0 Å². The number of carbonyl (C=O) groups excluding carboxylic acids is 2. The van der Waals surface area contributed by atoms with Crippen molar-refractivity contribution in [2.75, 3.05) is 6.54 Å². The lowest BCUT2D eigenvalue weighted by Crippen LogP contribution is -2.46. The number of rotatable bonds is 8. The van der Waals surface area contributed by atoms with E-state index in [2.05, 4.69) is 10.6 Å². The van der Waals surface area contributed by atoms with Crippen LogP contribution < -0.4 is 10.6 Å². The average molecular weight is 298 g/mol. The van der Waals surface area contributed by atoms with Gasteiger partial charge in [0.1, 0.15) is 6.04 Å². The molecule has 1 saturated carbocycles. The zero-order valence-electron chi connectivity index (χ0n) is 12.9. The van der Waals surface area contributed by atoms with E-state index in [9.17, 15) is 14.4 Å². The van der Waals surface area contributed by atoms with Crippen LogP contribution in [-0.2, 0) is 14.4 Å². The van der Waals surface area contributed by atoms with E-state index < -0.39 is 17.4 Å². The van der Waals surface area contributed by atoms with Gasteiger partial charge in [0.2, 0.25) is 11.8 Å². The van der Waals surface area contributed by atoms with Crippen LogP contribution in [0.25, 0.3) is 0 Å². The molecule has 1 atom stereocenters. The lowest BCUT2D eigenvalue weighted by molar-refractivity contribution is -0.140. The predicted molar refractivity (Wildman–Crippen MR) is 78.7 cm³/mol. The predicted octanol–water partition coefficient (Wildman–Crippen LogP) is 1.44. The number of carboxylic acid groups (broad SMARTS) is 1. The van der Waals surface area contributed by atoms with Gasteiger partial charge in [-0.05, 0) is 31.6 Å². The number of carboxylic acids is 1. The lowest BCUT2D eigenvalue weighted by Gasteiger charge is -2.27. The molecule has 1 fully saturated rings. The van der Waals surface area contributed by atoms with Crippen molar-refractivity contribution in [3.63, 3.8) is 0 Å². The third kappa shape index (κ3) is 5.73. The number of aliphatic carboxylic acids is 1. The number of amides is 2. The fraction of sp³-hybridized carbons (Fsp3) is 0.800. The van der Waals surface area contributed by atoms with Crippen LogP contribution in [0, 0.1) is 5.41 Å². The molecule has 6 nitrogen and oxygen atoms in total. The highest BCUT2D eigenvalue weighted by molar-refractivity contribution is 5.87. The molecular formula is C15H26N2O4. The topological polar surface area (TPSA) is 95.5 Å². The van der Waals surface area contributed by atoms with Gasteiger partial charge in [-0.3, -0.25) is 14.4 Å². The van der Waals surface area contributed by atoms with Crippen molar-refractivity contribution in [1.29, 1.82) is 0 Å². The van der Waals surface area contributed by atoms with E-state index in [4.69, 9.17) is 5.11 Å². The molecule has 0 radical (unpaired) electrons. The van der Waals surface area contributed by atoms with Crippen molar-refractivity contribution in [3.05, 3.63) is 0 Å². The molecule has 120 valence electrons. The van der Waals surface area contributed by atoms with E-state index >= 15 is 0 Å². The third-order valence-corrected chi connectivity index (χ3v) is 4.05. The molecule has 1 unspecified atom stereocenters. The molecule has 0 bridgehead atoms. The molecule has 0 spiro atoms. The zero-order chi connectivity index (χ0) is 15.9. The molecule has 0 aliphatic heterocycles. The van der Waals surface area contributed by atoms with Gasteiger partial charge in [-0.1, -0.05) is 19.8 Å². The summed E-state index contributed by atoms with van der Waals surface area (Å²) in [4.78, 5) is 34.8. The Bertz CT molecular complexity index is 389. The maximum Gasteiger partial charge on any atom is 0.303 e. The Kier molecular flexibility index (Phi) is 6.65. The standard InChI is InChI=1S/C15H26N2O4/c1-3-8-16-14(21)11(2)17-12(18)9-15(10-13(19)20)6-4-5-7-15/h11H,3-10H2,1-2H3,(H,16,21)(H,17,18)(H,19,20). The fourth-order valence-electron chi connectivity index (χ4n) is 2.96. The van der Waals surface area contributed by atoms with Gasteiger partial charge in [-0.2, -0.15) is 0 Å². The molecule has 21 heavy (non-hydrogen) atoms. The maximum absolute atomic E-state index is 12.1. The molecule has 0 heterocycles. The lowest BCUT2D eigenvalue weighted by atomic mass is 9.79. The summed E-state index contributed by atoms with van der Waals surface area (Å²) < 4.78 is 0. The van der Waals surface area contributed by atoms with Crippen LogP contribution in [0.4, 0.5) is 0 Å². The van der Waals surface area contributed by atoms with E-state index in [1.54, 1.807) is 6.92 Å². The van der Waals surface area contributed by atoms with Crippen molar-refractivity contribution in [2.45, 2.75) is 64.8 Å². The molecule has 2 amide bonds. The van der Waals surface area contributed by atoms with Crippen molar-refractivity contribution >= 4 is 17.8 Å². The van der Waals surface area contributed by atoms with Crippen molar-refractivity contribution in [2.24, 2.45) is 5.41 Å². The minimum Gasteiger partial charge on any atom is -0.481 e. The average Bonchev–Trinajstić information content (AvgIpc) is 2.82. The second kappa shape index (κ2) is 8.00. The molecule has 3 N–H and O–H groups in total. The molecular weight excluding hydrogens is 272 g/mol. The first-order chi connectivity index (χ1) is 9.88. The Morgan fingerprint density at radius 3 is 2.33 bits per heavy atom. The molecule has 0 aromatic carbocycles. The Labute approximate surface area is 125 Å². The highest BCUT2D eigenvalue weighted by Gasteiger charge is 2.38. The highest BCUT2D eigenvalue weighted by atomic mass is 16.4. The number of hydrogen-bond donors (Lipinski definition) is 3. The second-order valence-corrected chi connectivity index (χ2v) is 6.03. The zero-order valence-corrected chi connectivity index (χ0v) is 12.9. The van der Waals surface area contributed by atoms with Crippen LogP contribution in [0.2, 0.25) is 0 Å². The van der Waals surface area contributed by atoms with Gasteiger partial charge >= 0.3 is 5.97 Å². The first-order valence-electron chi connectivity index (χ1n) is 7.67. The van der Waals surface area contributed by atoms with Gasteiger partial charge in [0.25, 0.3) is 0 Å². The summed E-state index contributed by atoms with van der Waals surface area (Å²) >= 11 is 0. The molecule has 1 rings (SSSR count). The van der Waals surface area contributed by atoms with Crippen LogP contribution in [0.15, 0.2) is 0 Å². The maximum atomic E-state index is 12.1. The first-order valence-corrected chi connectivity index (χ1v) is 7.67. The van der Waals surface area contributed by atoms with Gasteiger partial charge in [-0.15, -0.1) is 0 Å². The Balaban J connectivity index is 2.50. The summed E-state index contributed by atoms with van der Waals surface area (Å²) in [7, 11) is 0. The van der Waals surface area contributed by atoms with Crippen molar-refractivity contribution in [1.82, 2.24) is 10.6 Å². The van der Waals surface area contributed by atoms with Crippen LogP contribution in [0.5, 0.6) is 0 Å². The highest BCUT2D eigenvalue weighted by Crippen LogP contribution is 2.43. The Morgan fingerprint density at radius 1 is 1.19 bits per heavy atom. The normalized spacial score (nSPS) is 18.0. The summed E-state index contributed by atoms with van der Waals surface area (Å²) in [5, 5.41) is 14.4. The number of hydrogen-bond acceptors (Lipinski definition) is 3. The van der Waals surface area contributed by atoms with Crippen molar-refractivity contribution in [3.8, 4) is 0 Å². The van der Waals surface area contributed by atoms with Gasteiger partial charge in [0.15, 0.2) is 0 Å². The monoisotopic (exact) mass is 298 g/mol. The van der Waals surface area contributed by atoms with Crippen LogP contribution in [0.3, 0.4) is 0 Å². The largest absolute Gasteiger partial charge is 0.481 e. The minimum absolute atomic E-state index is 0.0246. The second-order valence-electron chi connectivity index (χ2n) is 6.03. The third-order valence-electron chi connectivity index (χ3n) is 4.05.